The first-order chi connectivity index (χ1) is 19.4. The number of unbranched alkanes of at least 4 members (excludes halogenated alkanes) is 1. The first-order valence-corrected chi connectivity index (χ1v) is 14.0. The third-order valence-corrected chi connectivity index (χ3v) is 7.04. The lowest BCUT2D eigenvalue weighted by molar-refractivity contribution is -0.142. The Hall–Kier alpha value is -3.95. The second-order valence-electron chi connectivity index (χ2n) is 10.3. The molecule has 2 aliphatic heterocycles. The van der Waals surface area contributed by atoms with Crippen LogP contribution in [-0.4, -0.2) is 96.1 Å². The van der Waals surface area contributed by atoms with E-state index < -0.39 is 65.7 Å². The lowest BCUT2D eigenvalue weighted by atomic mass is 10.0. The van der Waals surface area contributed by atoms with Crippen LogP contribution >= 0.6 is 0 Å². The van der Waals surface area contributed by atoms with Crippen LogP contribution in [0.2, 0.25) is 0 Å². The van der Waals surface area contributed by atoms with Crippen LogP contribution in [0.4, 0.5) is 0 Å². The third-order valence-electron chi connectivity index (χ3n) is 7.04. The molecule has 12 N–H and O–H groups in total. The maximum absolute atomic E-state index is 13.7. The topological polar surface area (TPSA) is 270 Å². The fraction of sp³-hybridized carbons (Fsp3) is 0.720. The standard InChI is InChI=1S/C25H44N10O6/c1-14-20(37)32-15(6-2-3-11-26)21(38)33-16(9-10-19(27)36)22(39)34-17(7-4-12-30-25(28)29)24(41)35-13-5-8-18(35)23(40)31-14/h14-18H,2-13,26H2,1H3,(H2,27,36)(H,31,40)(H,32,37)(H,33,38)(H,34,39)(H4,28,29,30)/t14-,15-,16-,17-,18-/m0/s1. The first-order valence-electron chi connectivity index (χ1n) is 14.0. The Morgan fingerprint density at radius 1 is 0.829 bits per heavy atom. The summed E-state index contributed by atoms with van der Waals surface area (Å²) in [6.07, 6.45) is 2.39. The van der Waals surface area contributed by atoms with Gasteiger partial charge in [0.2, 0.25) is 35.4 Å². The van der Waals surface area contributed by atoms with E-state index in [0.717, 1.165) is 0 Å². The normalized spacial score (nSPS) is 26.0. The molecular formula is C25H44N10O6. The van der Waals surface area contributed by atoms with Gasteiger partial charge in [-0.15, -0.1) is 0 Å². The number of aliphatic imine (C=N–C) groups is 1. The van der Waals surface area contributed by atoms with E-state index in [0.29, 0.717) is 38.6 Å². The fourth-order valence-corrected chi connectivity index (χ4v) is 4.80. The lowest BCUT2D eigenvalue weighted by Crippen LogP contribution is -2.57. The Balaban J connectivity index is 2.44. The summed E-state index contributed by atoms with van der Waals surface area (Å²) in [6.45, 7) is 2.34. The van der Waals surface area contributed by atoms with Crippen molar-refractivity contribution in [2.75, 3.05) is 19.6 Å². The number of guanidine groups is 1. The Kier molecular flexibility index (Phi) is 13.3. The summed E-state index contributed by atoms with van der Waals surface area (Å²) in [7, 11) is 0. The highest BCUT2D eigenvalue weighted by atomic mass is 16.2. The minimum absolute atomic E-state index is 0.119. The van der Waals surface area contributed by atoms with Gasteiger partial charge in [-0.1, -0.05) is 0 Å². The molecule has 5 atom stereocenters. The molecule has 0 saturated carbocycles. The first kappa shape index (κ1) is 33.3. The molecule has 0 aliphatic carbocycles. The van der Waals surface area contributed by atoms with Crippen molar-refractivity contribution in [2.45, 2.75) is 94.9 Å². The molecule has 0 spiro atoms. The summed E-state index contributed by atoms with van der Waals surface area (Å²) >= 11 is 0. The summed E-state index contributed by atoms with van der Waals surface area (Å²) in [6, 6.07) is -5.18. The van der Waals surface area contributed by atoms with Gasteiger partial charge >= 0.3 is 0 Å². The number of nitrogens with two attached hydrogens (primary N) is 4. The van der Waals surface area contributed by atoms with E-state index in [1.807, 2.05) is 0 Å². The molecule has 41 heavy (non-hydrogen) atoms. The summed E-state index contributed by atoms with van der Waals surface area (Å²) < 4.78 is 0. The van der Waals surface area contributed by atoms with Gasteiger partial charge in [0.25, 0.3) is 0 Å². The zero-order valence-electron chi connectivity index (χ0n) is 23.5. The molecule has 2 saturated heterocycles. The maximum Gasteiger partial charge on any atom is 0.245 e. The predicted octanol–water partition coefficient (Wildman–Crippen LogP) is -3.60. The van der Waals surface area contributed by atoms with Crippen LogP contribution in [0.15, 0.2) is 4.99 Å². The van der Waals surface area contributed by atoms with Gasteiger partial charge in [0, 0.05) is 19.5 Å². The second kappa shape index (κ2) is 16.3. The predicted molar refractivity (Wildman–Crippen MR) is 149 cm³/mol. The van der Waals surface area contributed by atoms with Crippen molar-refractivity contribution in [1.29, 1.82) is 0 Å². The van der Waals surface area contributed by atoms with Crippen molar-refractivity contribution in [1.82, 2.24) is 26.2 Å². The fourth-order valence-electron chi connectivity index (χ4n) is 4.80. The molecule has 0 bridgehead atoms. The number of fused-ring (bicyclic) bond motifs is 1. The number of carbonyl (C=O) groups excluding carboxylic acids is 6. The molecule has 2 heterocycles. The molecule has 16 heteroatoms. The van der Waals surface area contributed by atoms with Crippen molar-refractivity contribution >= 4 is 41.4 Å². The SMILES string of the molecule is C[C@@H]1NC(=O)[C@@H]2CCCN2C(=O)[C@H](CCCN=C(N)N)NC(=O)[C@H](CCC(N)=O)NC(=O)[C@H](CCCCN)NC1=O. The number of amides is 6. The van der Waals surface area contributed by atoms with E-state index in [4.69, 9.17) is 22.9 Å². The Labute approximate surface area is 239 Å². The molecule has 16 nitrogen and oxygen atoms in total. The molecule has 0 radical (unpaired) electrons. The van der Waals surface area contributed by atoms with Gasteiger partial charge in [0.05, 0.1) is 0 Å². The number of nitrogens with zero attached hydrogens (tertiary/aromatic N) is 2. The lowest BCUT2D eigenvalue weighted by Gasteiger charge is -2.30. The van der Waals surface area contributed by atoms with E-state index in [9.17, 15) is 28.8 Å². The van der Waals surface area contributed by atoms with E-state index in [-0.39, 0.29) is 44.7 Å². The van der Waals surface area contributed by atoms with Crippen molar-refractivity contribution in [2.24, 2.45) is 27.9 Å². The molecule has 0 aromatic rings. The number of primary amides is 1. The van der Waals surface area contributed by atoms with Crippen LogP contribution in [0, 0.1) is 0 Å². The van der Waals surface area contributed by atoms with E-state index in [1.165, 1.54) is 11.8 Å². The Bertz CT molecular complexity index is 1000. The van der Waals surface area contributed by atoms with Crippen LogP contribution in [0.3, 0.4) is 0 Å². The highest BCUT2D eigenvalue weighted by Crippen LogP contribution is 2.20. The average molecular weight is 581 g/mol. The minimum atomic E-state index is -1.23. The largest absolute Gasteiger partial charge is 0.370 e. The summed E-state index contributed by atoms with van der Waals surface area (Å²) in [5, 5.41) is 10.6. The molecular weight excluding hydrogens is 536 g/mol. The van der Waals surface area contributed by atoms with Gasteiger partial charge < -0.3 is 49.1 Å². The Morgan fingerprint density at radius 3 is 2.07 bits per heavy atom. The summed E-state index contributed by atoms with van der Waals surface area (Å²) in [5.41, 5.74) is 21.7. The maximum atomic E-state index is 13.7. The van der Waals surface area contributed by atoms with E-state index >= 15 is 0 Å². The molecule has 0 aromatic heterocycles. The third kappa shape index (κ3) is 10.5. The Morgan fingerprint density at radius 2 is 1.44 bits per heavy atom. The van der Waals surface area contributed by atoms with Crippen LogP contribution < -0.4 is 44.2 Å². The summed E-state index contributed by atoms with van der Waals surface area (Å²) in [4.78, 5) is 83.3. The highest BCUT2D eigenvalue weighted by molar-refractivity contribution is 5.98. The van der Waals surface area contributed by atoms with Crippen molar-refractivity contribution in [3.05, 3.63) is 0 Å². The molecule has 230 valence electrons. The number of carbonyl (C=O) groups is 6. The molecule has 6 amide bonds. The van der Waals surface area contributed by atoms with Gasteiger partial charge in [-0.05, 0) is 64.8 Å². The van der Waals surface area contributed by atoms with E-state index in [2.05, 4.69) is 26.3 Å². The van der Waals surface area contributed by atoms with Gasteiger partial charge in [0.1, 0.15) is 30.2 Å². The van der Waals surface area contributed by atoms with Gasteiger partial charge in [0.15, 0.2) is 5.96 Å². The van der Waals surface area contributed by atoms with E-state index in [1.54, 1.807) is 0 Å². The number of nitrogens with one attached hydrogen (secondary N) is 4. The van der Waals surface area contributed by atoms with Crippen LogP contribution in [-0.2, 0) is 28.8 Å². The highest BCUT2D eigenvalue weighted by Gasteiger charge is 2.39. The smallest absolute Gasteiger partial charge is 0.245 e. The number of hydrogen-bond acceptors (Lipinski definition) is 8. The minimum Gasteiger partial charge on any atom is -0.370 e. The quantitative estimate of drug-likeness (QED) is 0.0680. The van der Waals surface area contributed by atoms with Crippen LogP contribution in [0.25, 0.3) is 0 Å². The molecule has 0 aromatic carbocycles. The zero-order valence-corrected chi connectivity index (χ0v) is 23.5. The van der Waals surface area contributed by atoms with Crippen molar-refractivity contribution < 1.29 is 28.8 Å². The van der Waals surface area contributed by atoms with Crippen molar-refractivity contribution in [3.63, 3.8) is 0 Å². The number of rotatable bonds is 11. The van der Waals surface area contributed by atoms with Gasteiger partial charge in [-0.2, -0.15) is 0 Å². The average Bonchev–Trinajstić information content (AvgIpc) is 3.41. The number of hydrogen-bond donors (Lipinski definition) is 8. The van der Waals surface area contributed by atoms with Crippen LogP contribution in [0.5, 0.6) is 0 Å². The monoisotopic (exact) mass is 580 g/mol. The molecule has 2 aliphatic rings. The van der Waals surface area contributed by atoms with Gasteiger partial charge in [-0.3, -0.25) is 33.8 Å². The molecule has 0 unspecified atom stereocenters. The zero-order chi connectivity index (χ0) is 30.5. The second-order valence-corrected chi connectivity index (χ2v) is 10.3. The molecule has 2 fully saturated rings. The van der Waals surface area contributed by atoms with Crippen LogP contribution in [0.1, 0.15) is 64.7 Å². The van der Waals surface area contributed by atoms with Gasteiger partial charge in [-0.25, -0.2) is 0 Å². The summed E-state index contributed by atoms with van der Waals surface area (Å²) in [5.74, 6) is -3.78. The molecule has 2 rings (SSSR count). The van der Waals surface area contributed by atoms with Crippen molar-refractivity contribution in [3.8, 4) is 0 Å².